The summed E-state index contributed by atoms with van der Waals surface area (Å²) in [5.41, 5.74) is 4.07. The Kier molecular flexibility index (Phi) is 6.16. The van der Waals surface area contributed by atoms with E-state index in [1.54, 1.807) is 0 Å². The second-order valence-corrected chi connectivity index (χ2v) is 6.98. The summed E-state index contributed by atoms with van der Waals surface area (Å²) in [4.78, 5) is 1.23. The summed E-state index contributed by atoms with van der Waals surface area (Å²) in [6.45, 7) is 4.32. The minimum absolute atomic E-state index is 0.454. The van der Waals surface area contributed by atoms with Crippen molar-refractivity contribution in [2.75, 3.05) is 12.8 Å². The van der Waals surface area contributed by atoms with Crippen LogP contribution in [0, 0.1) is 13.8 Å². The molecule has 1 nitrogen and oxygen atoms in total. The molecule has 0 aliphatic heterocycles. The molecular weight excluding hydrogens is 298 g/mol. The minimum atomic E-state index is 0.454. The predicted molar refractivity (Wildman–Crippen MR) is 94.6 cm³/mol. The van der Waals surface area contributed by atoms with Gasteiger partial charge in [-0.25, -0.2) is 0 Å². The van der Waals surface area contributed by atoms with Gasteiger partial charge < -0.3 is 5.32 Å². The van der Waals surface area contributed by atoms with Gasteiger partial charge >= 0.3 is 0 Å². The zero-order chi connectivity index (χ0) is 15.2. The molecule has 2 rings (SSSR count). The maximum absolute atomic E-state index is 6.03. The molecule has 1 N–H and O–H groups in total. The number of nitrogens with one attached hydrogen (secondary N) is 1. The van der Waals surface area contributed by atoms with Crippen LogP contribution in [0.5, 0.6) is 0 Å². The maximum Gasteiger partial charge on any atom is 0.0417 e. The molecule has 2 aromatic carbocycles. The van der Waals surface area contributed by atoms with Gasteiger partial charge in [-0.3, -0.25) is 0 Å². The SMILES string of the molecule is CNC(CSc1cccc(Cl)c1)Cc1cc(C)cc(C)c1. The van der Waals surface area contributed by atoms with E-state index in [1.165, 1.54) is 21.6 Å². The third-order valence-electron chi connectivity index (χ3n) is 3.42. The number of benzene rings is 2. The van der Waals surface area contributed by atoms with Crippen LogP contribution in [-0.2, 0) is 6.42 Å². The quantitative estimate of drug-likeness (QED) is 0.762. The molecule has 0 aromatic heterocycles. The van der Waals surface area contributed by atoms with Crippen molar-refractivity contribution in [2.45, 2.75) is 31.2 Å². The molecule has 0 saturated heterocycles. The van der Waals surface area contributed by atoms with Crippen LogP contribution in [0.25, 0.3) is 0 Å². The molecule has 21 heavy (non-hydrogen) atoms. The normalized spacial score (nSPS) is 12.4. The van der Waals surface area contributed by atoms with Crippen LogP contribution in [0.15, 0.2) is 47.4 Å². The molecular formula is C18H22ClNS. The lowest BCUT2D eigenvalue weighted by atomic mass is 10.0. The monoisotopic (exact) mass is 319 g/mol. The lowest BCUT2D eigenvalue weighted by molar-refractivity contribution is 0.617. The van der Waals surface area contributed by atoms with Gasteiger partial charge in [0.1, 0.15) is 0 Å². The fourth-order valence-electron chi connectivity index (χ4n) is 2.47. The molecule has 112 valence electrons. The third-order valence-corrected chi connectivity index (χ3v) is 4.81. The molecule has 0 spiro atoms. The molecule has 0 aliphatic rings. The second-order valence-electron chi connectivity index (χ2n) is 5.45. The van der Waals surface area contributed by atoms with E-state index in [1.807, 2.05) is 37.0 Å². The molecule has 0 fully saturated rings. The van der Waals surface area contributed by atoms with Gasteiger partial charge in [-0.2, -0.15) is 0 Å². The number of hydrogen-bond acceptors (Lipinski definition) is 2. The summed E-state index contributed by atoms with van der Waals surface area (Å²) < 4.78 is 0. The zero-order valence-corrected chi connectivity index (χ0v) is 14.4. The highest BCUT2D eigenvalue weighted by atomic mass is 35.5. The first-order valence-corrected chi connectivity index (χ1v) is 8.56. The molecule has 0 amide bonds. The summed E-state index contributed by atoms with van der Waals surface area (Å²) in [5, 5.41) is 4.22. The second kappa shape index (κ2) is 7.88. The fraction of sp³-hybridized carbons (Fsp3) is 0.333. The summed E-state index contributed by atoms with van der Waals surface area (Å²) in [7, 11) is 2.03. The van der Waals surface area contributed by atoms with E-state index in [0.29, 0.717) is 6.04 Å². The number of aryl methyl sites for hydroxylation is 2. The van der Waals surface area contributed by atoms with Crippen molar-refractivity contribution < 1.29 is 0 Å². The van der Waals surface area contributed by atoms with E-state index in [2.05, 4.69) is 43.4 Å². The topological polar surface area (TPSA) is 12.0 Å². The first-order valence-electron chi connectivity index (χ1n) is 7.19. The zero-order valence-electron chi connectivity index (χ0n) is 12.8. The van der Waals surface area contributed by atoms with Crippen molar-refractivity contribution >= 4 is 23.4 Å². The van der Waals surface area contributed by atoms with Gasteiger partial charge in [0.05, 0.1) is 0 Å². The van der Waals surface area contributed by atoms with Gasteiger partial charge in [-0.15, -0.1) is 11.8 Å². The van der Waals surface area contributed by atoms with Gasteiger partial charge in [0.25, 0.3) is 0 Å². The summed E-state index contributed by atoms with van der Waals surface area (Å²) in [6, 6.07) is 15.3. The summed E-state index contributed by atoms with van der Waals surface area (Å²) in [6.07, 6.45) is 1.05. The van der Waals surface area contributed by atoms with Crippen molar-refractivity contribution in [3.05, 3.63) is 64.2 Å². The number of thioether (sulfide) groups is 1. The minimum Gasteiger partial charge on any atom is -0.316 e. The van der Waals surface area contributed by atoms with Crippen LogP contribution in [-0.4, -0.2) is 18.8 Å². The van der Waals surface area contributed by atoms with E-state index >= 15 is 0 Å². The Labute approximate surface area is 137 Å². The standard InChI is InChI=1S/C18H22ClNS/c1-13-7-14(2)9-15(8-13)10-17(20-3)12-21-18-6-4-5-16(19)11-18/h4-9,11,17,20H,10,12H2,1-3H3. The van der Waals surface area contributed by atoms with Gasteiger partial charge in [-0.05, 0) is 51.1 Å². The number of halogens is 1. The molecule has 3 heteroatoms. The van der Waals surface area contributed by atoms with E-state index in [9.17, 15) is 0 Å². The van der Waals surface area contributed by atoms with Crippen molar-refractivity contribution in [1.29, 1.82) is 0 Å². The van der Waals surface area contributed by atoms with Crippen LogP contribution >= 0.6 is 23.4 Å². The van der Waals surface area contributed by atoms with E-state index in [4.69, 9.17) is 11.6 Å². The van der Waals surface area contributed by atoms with E-state index in [-0.39, 0.29) is 0 Å². The van der Waals surface area contributed by atoms with Crippen LogP contribution < -0.4 is 5.32 Å². The molecule has 1 atom stereocenters. The van der Waals surface area contributed by atoms with E-state index < -0.39 is 0 Å². The molecule has 1 unspecified atom stereocenters. The predicted octanol–water partition coefficient (Wildman–Crippen LogP) is 4.88. The first-order chi connectivity index (χ1) is 10.1. The highest BCUT2D eigenvalue weighted by molar-refractivity contribution is 7.99. The number of likely N-dealkylation sites (N-methyl/N-ethyl adjacent to an activating group) is 1. The van der Waals surface area contributed by atoms with Crippen LogP contribution in [0.2, 0.25) is 5.02 Å². The number of rotatable bonds is 6. The maximum atomic E-state index is 6.03. The van der Waals surface area contributed by atoms with Gasteiger partial charge in [0.15, 0.2) is 0 Å². The van der Waals surface area contributed by atoms with Crippen LogP contribution in [0.4, 0.5) is 0 Å². The smallest absolute Gasteiger partial charge is 0.0417 e. The van der Waals surface area contributed by atoms with Crippen molar-refractivity contribution in [3.8, 4) is 0 Å². The average molecular weight is 320 g/mol. The van der Waals surface area contributed by atoms with Gasteiger partial charge in [-0.1, -0.05) is 47.0 Å². The van der Waals surface area contributed by atoms with Crippen LogP contribution in [0.3, 0.4) is 0 Å². The summed E-state index contributed by atoms with van der Waals surface area (Å²) >= 11 is 7.88. The fourth-order valence-corrected chi connectivity index (χ4v) is 3.79. The Morgan fingerprint density at radius 3 is 2.43 bits per heavy atom. The molecule has 0 radical (unpaired) electrons. The first kappa shape index (κ1) is 16.4. The molecule has 0 bridgehead atoms. The average Bonchev–Trinajstić information content (AvgIpc) is 2.42. The lowest BCUT2D eigenvalue weighted by Gasteiger charge is -2.17. The summed E-state index contributed by atoms with van der Waals surface area (Å²) in [5.74, 6) is 1.03. The molecule has 0 aliphatic carbocycles. The largest absolute Gasteiger partial charge is 0.316 e. The van der Waals surface area contributed by atoms with Crippen LogP contribution in [0.1, 0.15) is 16.7 Å². The van der Waals surface area contributed by atoms with Crippen molar-refractivity contribution in [2.24, 2.45) is 0 Å². The van der Waals surface area contributed by atoms with Gasteiger partial charge in [0.2, 0.25) is 0 Å². The molecule has 0 saturated carbocycles. The molecule has 2 aromatic rings. The van der Waals surface area contributed by atoms with E-state index in [0.717, 1.165) is 17.2 Å². The molecule has 0 heterocycles. The highest BCUT2D eigenvalue weighted by Gasteiger charge is 2.09. The Morgan fingerprint density at radius 2 is 1.81 bits per heavy atom. The Hall–Kier alpha value is -0.960. The third kappa shape index (κ3) is 5.39. The Balaban J connectivity index is 1.96. The van der Waals surface area contributed by atoms with Crippen molar-refractivity contribution in [1.82, 2.24) is 5.32 Å². The Bertz CT molecular complexity index is 577. The van der Waals surface area contributed by atoms with Gasteiger partial charge in [0, 0.05) is 21.7 Å². The van der Waals surface area contributed by atoms with Crippen molar-refractivity contribution in [3.63, 3.8) is 0 Å². The Morgan fingerprint density at radius 1 is 1.10 bits per heavy atom. The number of hydrogen-bond donors (Lipinski definition) is 1. The lowest BCUT2D eigenvalue weighted by Crippen LogP contribution is -2.30. The highest BCUT2D eigenvalue weighted by Crippen LogP contribution is 2.23.